The first-order chi connectivity index (χ1) is 6.85. The van der Waals surface area contributed by atoms with E-state index in [4.69, 9.17) is 28.9 Å². The average Bonchev–Trinajstić information content (AvgIpc) is 2.21. The molecule has 0 saturated carbocycles. The molecule has 14 heavy (non-hydrogen) atoms. The van der Waals surface area contributed by atoms with Gasteiger partial charge in [0.15, 0.2) is 0 Å². The van der Waals surface area contributed by atoms with Gasteiger partial charge >= 0.3 is 7.32 Å². The Morgan fingerprint density at radius 2 is 1.36 bits per heavy atom. The second kappa shape index (κ2) is 10.9. The van der Waals surface area contributed by atoms with Crippen LogP contribution >= 0.6 is 0 Å². The maximum atomic E-state index is 8.50. The molecule has 0 bridgehead atoms. The lowest BCUT2D eigenvalue weighted by molar-refractivity contribution is 0.0485. The van der Waals surface area contributed by atoms with Crippen molar-refractivity contribution in [3.8, 4) is 0 Å². The minimum absolute atomic E-state index is 0.105. The van der Waals surface area contributed by atoms with Crippen LogP contribution in [-0.4, -0.2) is 64.3 Å². The Labute approximate surface area is 83.9 Å². The van der Waals surface area contributed by atoms with Gasteiger partial charge in [0.2, 0.25) is 0 Å². The summed E-state index contributed by atoms with van der Waals surface area (Å²) in [5.41, 5.74) is 0. The van der Waals surface area contributed by atoms with Crippen LogP contribution in [0.5, 0.6) is 0 Å². The highest BCUT2D eigenvalue weighted by molar-refractivity contribution is 6.36. The quantitative estimate of drug-likeness (QED) is 0.341. The number of aliphatic hydroxyl groups is 2. The number of rotatable bonds is 10. The summed E-state index contributed by atoms with van der Waals surface area (Å²) < 4.78 is 19.8. The number of methoxy groups -OCH3 is 1. The van der Waals surface area contributed by atoms with Crippen molar-refractivity contribution >= 4 is 7.32 Å². The Bertz CT molecular complexity index is 106. The standard InChI is InChI=1S/C7H17BO6/c1-11-6-7-14-8(12-4-2-9)13-5-3-10/h9-10H,2-7H2,1H3. The minimum Gasteiger partial charge on any atom is -0.394 e. The molecule has 0 aromatic carbocycles. The molecule has 0 amide bonds. The van der Waals surface area contributed by atoms with E-state index in [2.05, 4.69) is 0 Å². The van der Waals surface area contributed by atoms with Crippen LogP contribution in [0.25, 0.3) is 0 Å². The van der Waals surface area contributed by atoms with Crippen LogP contribution in [0.3, 0.4) is 0 Å². The van der Waals surface area contributed by atoms with E-state index in [-0.39, 0.29) is 26.4 Å². The summed E-state index contributed by atoms with van der Waals surface area (Å²) in [6.07, 6.45) is 0. The predicted molar refractivity (Wildman–Crippen MR) is 49.7 cm³/mol. The molecule has 0 rings (SSSR count). The van der Waals surface area contributed by atoms with Crippen molar-refractivity contribution in [2.75, 3.05) is 46.8 Å². The van der Waals surface area contributed by atoms with Crippen LogP contribution in [0.15, 0.2) is 0 Å². The van der Waals surface area contributed by atoms with E-state index in [0.717, 1.165) is 0 Å². The highest BCUT2D eigenvalue weighted by Gasteiger charge is 2.20. The van der Waals surface area contributed by atoms with E-state index in [1.165, 1.54) is 0 Å². The Morgan fingerprint density at radius 1 is 0.857 bits per heavy atom. The highest BCUT2D eigenvalue weighted by Crippen LogP contribution is 1.92. The third-order valence-electron chi connectivity index (χ3n) is 1.23. The number of hydrogen-bond donors (Lipinski definition) is 2. The van der Waals surface area contributed by atoms with Crippen molar-refractivity contribution in [1.29, 1.82) is 0 Å². The molecule has 0 aliphatic heterocycles. The Balaban J connectivity index is 3.49. The molecule has 0 aliphatic carbocycles. The molecule has 84 valence electrons. The van der Waals surface area contributed by atoms with Gasteiger partial charge in [0.1, 0.15) is 0 Å². The molecule has 0 aliphatic rings. The molecule has 0 unspecified atom stereocenters. The number of ether oxygens (including phenoxy) is 1. The van der Waals surface area contributed by atoms with Crippen molar-refractivity contribution in [2.45, 2.75) is 0 Å². The Kier molecular flexibility index (Phi) is 10.8. The molecule has 0 aromatic heterocycles. The van der Waals surface area contributed by atoms with Crippen LogP contribution in [0.4, 0.5) is 0 Å². The third-order valence-corrected chi connectivity index (χ3v) is 1.23. The van der Waals surface area contributed by atoms with Crippen molar-refractivity contribution in [3.05, 3.63) is 0 Å². The molecule has 0 spiro atoms. The van der Waals surface area contributed by atoms with Gasteiger partial charge in [0.05, 0.1) is 39.6 Å². The van der Waals surface area contributed by atoms with Crippen molar-refractivity contribution in [2.24, 2.45) is 0 Å². The molecule has 0 fully saturated rings. The fourth-order valence-electron chi connectivity index (χ4n) is 0.670. The fourth-order valence-corrected chi connectivity index (χ4v) is 0.670. The van der Waals surface area contributed by atoms with Gasteiger partial charge in [0, 0.05) is 7.11 Å². The molecule has 0 radical (unpaired) electrons. The lowest BCUT2D eigenvalue weighted by atomic mass is 10.2. The third kappa shape index (κ3) is 8.42. The van der Waals surface area contributed by atoms with E-state index < -0.39 is 7.32 Å². The lowest BCUT2D eigenvalue weighted by Gasteiger charge is -2.12. The van der Waals surface area contributed by atoms with Gasteiger partial charge in [0.25, 0.3) is 0 Å². The predicted octanol–water partition coefficient (Wildman–Crippen LogP) is -1.35. The van der Waals surface area contributed by atoms with Crippen molar-refractivity contribution < 1.29 is 28.9 Å². The van der Waals surface area contributed by atoms with Crippen molar-refractivity contribution in [1.82, 2.24) is 0 Å². The zero-order chi connectivity index (χ0) is 10.6. The van der Waals surface area contributed by atoms with E-state index >= 15 is 0 Å². The summed E-state index contributed by atoms with van der Waals surface area (Å²) in [6, 6.07) is 0. The SMILES string of the molecule is COCCOB(OCCO)OCCO. The summed E-state index contributed by atoms with van der Waals surface area (Å²) in [5.74, 6) is 0. The summed E-state index contributed by atoms with van der Waals surface area (Å²) >= 11 is 0. The number of aliphatic hydroxyl groups excluding tert-OH is 2. The van der Waals surface area contributed by atoms with Gasteiger partial charge in [-0.2, -0.15) is 0 Å². The van der Waals surface area contributed by atoms with Gasteiger partial charge in [-0.25, -0.2) is 0 Å². The van der Waals surface area contributed by atoms with Gasteiger partial charge in [-0.1, -0.05) is 0 Å². The van der Waals surface area contributed by atoms with Gasteiger partial charge in [-0.3, -0.25) is 0 Å². The maximum Gasteiger partial charge on any atom is 0.639 e. The van der Waals surface area contributed by atoms with Crippen LogP contribution in [0.2, 0.25) is 0 Å². The summed E-state index contributed by atoms with van der Waals surface area (Å²) in [7, 11) is 0.700. The first-order valence-electron chi connectivity index (χ1n) is 4.40. The second-order valence-corrected chi connectivity index (χ2v) is 2.34. The zero-order valence-corrected chi connectivity index (χ0v) is 8.35. The van der Waals surface area contributed by atoms with Crippen LogP contribution < -0.4 is 0 Å². The molecule has 2 N–H and O–H groups in total. The van der Waals surface area contributed by atoms with E-state index in [1.54, 1.807) is 7.11 Å². The Morgan fingerprint density at radius 3 is 1.79 bits per heavy atom. The molecule has 7 heteroatoms. The Hall–Kier alpha value is -0.175. The normalized spacial score (nSPS) is 10.5. The molecule has 0 saturated heterocycles. The van der Waals surface area contributed by atoms with E-state index in [1.807, 2.05) is 0 Å². The van der Waals surface area contributed by atoms with E-state index in [9.17, 15) is 0 Å². The largest absolute Gasteiger partial charge is 0.639 e. The highest BCUT2D eigenvalue weighted by atomic mass is 16.7. The monoisotopic (exact) mass is 208 g/mol. The summed E-state index contributed by atoms with van der Waals surface area (Å²) in [5, 5.41) is 17.0. The molecular formula is C7H17BO6. The summed E-state index contributed by atoms with van der Waals surface area (Å²) in [6.45, 7) is 0.810. The second-order valence-electron chi connectivity index (χ2n) is 2.34. The van der Waals surface area contributed by atoms with Gasteiger partial charge < -0.3 is 28.9 Å². The van der Waals surface area contributed by atoms with Crippen molar-refractivity contribution in [3.63, 3.8) is 0 Å². The fraction of sp³-hybridized carbons (Fsp3) is 1.00. The van der Waals surface area contributed by atoms with E-state index in [0.29, 0.717) is 13.2 Å². The summed E-state index contributed by atoms with van der Waals surface area (Å²) in [4.78, 5) is 0. The van der Waals surface area contributed by atoms with Crippen LogP contribution in [0, 0.1) is 0 Å². The lowest BCUT2D eigenvalue weighted by Crippen LogP contribution is -2.31. The zero-order valence-electron chi connectivity index (χ0n) is 8.35. The molecule has 0 atom stereocenters. The molecule has 0 aromatic rings. The smallest absolute Gasteiger partial charge is 0.394 e. The topological polar surface area (TPSA) is 77.4 Å². The maximum absolute atomic E-state index is 8.50. The van der Waals surface area contributed by atoms with Crippen LogP contribution in [0.1, 0.15) is 0 Å². The first kappa shape index (κ1) is 13.8. The van der Waals surface area contributed by atoms with Gasteiger partial charge in [-0.05, 0) is 0 Å². The molecule has 6 nitrogen and oxygen atoms in total. The van der Waals surface area contributed by atoms with Gasteiger partial charge in [-0.15, -0.1) is 0 Å². The molecular weight excluding hydrogens is 191 g/mol. The average molecular weight is 208 g/mol. The molecule has 0 heterocycles. The first-order valence-corrected chi connectivity index (χ1v) is 4.40. The van der Waals surface area contributed by atoms with Crippen LogP contribution in [-0.2, 0) is 18.7 Å². The number of hydrogen-bond acceptors (Lipinski definition) is 6. The minimum atomic E-state index is -0.857.